The molecule has 0 aliphatic carbocycles. The van der Waals surface area contributed by atoms with Gasteiger partial charge in [0.25, 0.3) is 5.69 Å². The van der Waals surface area contributed by atoms with Crippen molar-refractivity contribution in [2.45, 2.75) is 11.8 Å². The monoisotopic (exact) mass is 253 g/mol. The van der Waals surface area contributed by atoms with E-state index in [1.165, 1.54) is 30.8 Å². The highest BCUT2D eigenvalue weighted by atomic mass is 32.2. The Morgan fingerprint density at radius 2 is 2.06 bits per heavy atom. The van der Waals surface area contributed by atoms with E-state index in [4.69, 9.17) is 5.11 Å². The topological polar surface area (TPSA) is 80.4 Å². The van der Waals surface area contributed by atoms with Crippen LogP contribution < -0.4 is 0 Å². The number of aliphatic carboxylic acids is 1. The van der Waals surface area contributed by atoms with Gasteiger partial charge < -0.3 is 5.11 Å². The van der Waals surface area contributed by atoms with Gasteiger partial charge in [0.05, 0.1) is 4.92 Å². The second-order valence-corrected chi connectivity index (χ2v) is 4.35. The standard InChI is InChI=1S/C11H11NO4S/c1-8(11(13)14)6-7-17-10-4-2-9(3-5-10)12(15)16/h2-6H,7H2,1H3,(H,13,14). The molecule has 0 heterocycles. The second-order valence-electron chi connectivity index (χ2n) is 3.25. The van der Waals surface area contributed by atoms with Gasteiger partial charge in [0.1, 0.15) is 0 Å². The van der Waals surface area contributed by atoms with E-state index in [-0.39, 0.29) is 5.69 Å². The molecule has 0 radical (unpaired) electrons. The van der Waals surface area contributed by atoms with Gasteiger partial charge in [-0.3, -0.25) is 10.1 Å². The molecule has 0 aromatic heterocycles. The number of hydrogen-bond donors (Lipinski definition) is 1. The number of rotatable bonds is 5. The fourth-order valence-electron chi connectivity index (χ4n) is 1.01. The van der Waals surface area contributed by atoms with Crippen LogP contribution in [0.5, 0.6) is 0 Å². The van der Waals surface area contributed by atoms with Crippen LogP contribution in [0.25, 0.3) is 0 Å². The van der Waals surface area contributed by atoms with Gasteiger partial charge >= 0.3 is 5.97 Å². The second kappa shape index (κ2) is 6.05. The maximum Gasteiger partial charge on any atom is 0.330 e. The summed E-state index contributed by atoms with van der Waals surface area (Å²) in [5.41, 5.74) is 0.339. The zero-order chi connectivity index (χ0) is 12.8. The maximum absolute atomic E-state index is 10.5. The maximum atomic E-state index is 10.5. The van der Waals surface area contributed by atoms with Crippen molar-refractivity contribution in [2.24, 2.45) is 0 Å². The quantitative estimate of drug-likeness (QED) is 0.377. The van der Waals surface area contributed by atoms with Gasteiger partial charge in [0.15, 0.2) is 0 Å². The molecular weight excluding hydrogens is 242 g/mol. The summed E-state index contributed by atoms with van der Waals surface area (Å²) in [6.45, 7) is 1.53. The molecule has 17 heavy (non-hydrogen) atoms. The highest BCUT2D eigenvalue weighted by Gasteiger charge is 2.04. The number of nitro benzene ring substituents is 1. The number of hydrogen-bond acceptors (Lipinski definition) is 4. The molecule has 90 valence electrons. The van der Waals surface area contributed by atoms with Crippen molar-refractivity contribution in [2.75, 3.05) is 5.75 Å². The summed E-state index contributed by atoms with van der Waals surface area (Å²) in [7, 11) is 0. The molecule has 0 spiro atoms. The van der Waals surface area contributed by atoms with Crippen LogP contribution in [0.2, 0.25) is 0 Å². The van der Waals surface area contributed by atoms with Crippen LogP contribution >= 0.6 is 11.8 Å². The van der Waals surface area contributed by atoms with Crippen molar-refractivity contribution >= 4 is 23.4 Å². The number of benzene rings is 1. The molecule has 0 aliphatic heterocycles. The largest absolute Gasteiger partial charge is 0.478 e. The fraction of sp³-hybridized carbons (Fsp3) is 0.182. The SMILES string of the molecule is CC(=CCSc1ccc([N+](=O)[O-])cc1)C(=O)O. The van der Waals surface area contributed by atoms with E-state index in [9.17, 15) is 14.9 Å². The Morgan fingerprint density at radius 3 is 2.53 bits per heavy atom. The molecule has 0 atom stereocenters. The molecule has 0 amide bonds. The molecule has 0 fully saturated rings. The van der Waals surface area contributed by atoms with Gasteiger partial charge in [-0.2, -0.15) is 0 Å². The first kappa shape index (κ1) is 13.2. The minimum absolute atomic E-state index is 0.0478. The molecule has 1 aromatic carbocycles. The molecule has 1 N–H and O–H groups in total. The van der Waals surface area contributed by atoms with Gasteiger partial charge in [0.2, 0.25) is 0 Å². The smallest absolute Gasteiger partial charge is 0.330 e. The lowest BCUT2D eigenvalue weighted by Gasteiger charge is -1.98. The van der Waals surface area contributed by atoms with Crippen LogP contribution in [-0.4, -0.2) is 21.8 Å². The highest BCUT2D eigenvalue weighted by molar-refractivity contribution is 7.99. The van der Waals surface area contributed by atoms with Crippen LogP contribution in [-0.2, 0) is 4.79 Å². The molecule has 0 aliphatic rings. The predicted molar refractivity (Wildman–Crippen MR) is 65.2 cm³/mol. The Morgan fingerprint density at radius 1 is 1.47 bits per heavy atom. The first-order valence-electron chi connectivity index (χ1n) is 4.78. The van der Waals surface area contributed by atoms with Crippen molar-refractivity contribution in [1.82, 2.24) is 0 Å². The summed E-state index contributed by atoms with van der Waals surface area (Å²) in [6.07, 6.45) is 1.61. The Labute approximate surface area is 102 Å². The summed E-state index contributed by atoms with van der Waals surface area (Å²) in [5, 5.41) is 19.0. The third kappa shape index (κ3) is 4.28. The van der Waals surface area contributed by atoms with E-state index < -0.39 is 10.9 Å². The average Bonchev–Trinajstić information content (AvgIpc) is 2.29. The normalized spacial score (nSPS) is 11.2. The number of nitro groups is 1. The summed E-state index contributed by atoms with van der Waals surface area (Å²) in [6, 6.07) is 6.14. The van der Waals surface area contributed by atoms with Crippen molar-refractivity contribution in [3.63, 3.8) is 0 Å². The zero-order valence-electron chi connectivity index (χ0n) is 9.12. The molecule has 0 saturated carbocycles. The molecule has 0 saturated heterocycles. The Balaban J connectivity index is 2.56. The molecule has 1 rings (SSSR count). The van der Waals surface area contributed by atoms with Crippen LogP contribution in [0.3, 0.4) is 0 Å². The lowest BCUT2D eigenvalue weighted by molar-refractivity contribution is -0.384. The molecule has 6 heteroatoms. The summed E-state index contributed by atoms with van der Waals surface area (Å²) in [5.74, 6) is -0.412. The minimum Gasteiger partial charge on any atom is -0.478 e. The van der Waals surface area contributed by atoms with Crippen LogP contribution in [0.4, 0.5) is 5.69 Å². The Bertz CT molecular complexity index is 453. The van der Waals surface area contributed by atoms with Crippen molar-refractivity contribution in [1.29, 1.82) is 0 Å². The van der Waals surface area contributed by atoms with Crippen molar-refractivity contribution in [3.05, 3.63) is 46.0 Å². The van der Waals surface area contributed by atoms with Crippen LogP contribution in [0.1, 0.15) is 6.92 Å². The Kier molecular flexibility index (Phi) is 4.71. The summed E-state index contributed by atoms with van der Waals surface area (Å²) in [4.78, 5) is 21.3. The van der Waals surface area contributed by atoms with Gasteiger partial charge in [-0.05, 0) is 19.1 Å². The van der Waals surface area contributed by atoms with E-state index in [0.717, 1.165) is 4.90 Å². The number of non-ortho nitro benzene ring substituents is 1. The molecule has 0 bridgehead atoms. The van der Waals surface area contributed by atoms with E-state index in [2.05, 4.69) is 0 Å². The van der Waals surface area contributed by atoms with Gasteiger partial charge in [-0.25, -0.2) is 4.79 Å². The average molecular weight is 253 g/mol. The van der Waals surface area contributed by atoms with Crippen LogP contribution in [0.15, 0.2) is 40.8 Å². The van der Waals surface area contributed by atoms with E-state index >= 15 is 0 Å². The van der Waals surface area contributed by atoms with Gasteiger partial charge in [-0.15, -0.1) is 11.8 Å². The predicted octanol–water partition coefficient (Wildman–Crippen LogP) is 2.72. The van der Waals surface area contributed by atoms with Gasteiger partial charge in [0, 0.05) is 28.4 Å². The summed E-state index contributed by atoms with van der Waals surface area (Å²) < 4.78 is 0. The zero-order valence-corrected chi connectivity index (χ0v) is 9.94. The van der Waals surface area contributed by atoms with Crippen LogP contribution in [0, 0.1) is 10.1 Å². The first-order valence-corrected chi connectivity index (χ1v) is 5.76. The minimum atomic E-state index is -0.936. The molecular formula is C11H11NO4S. The summed E-state index contributed by atoms with van der Waals surface area (Å²) >= 11 is 1.42. The van der Waals surface area contributed by atoms with E-state index in [1.807, 2.05) is 0 Å². The number of thioether (sulfide) groups is 1. The third-order valence-electron chi connectivity index (χ3n) is 2.02. The third-order valence-corrected chi connectivity index (χ3v) is 2.96. The van der Waals surface area contributed by atoms with Crippen molar-refractivity contribution in [3.8, 4) is 0 Å². The number of nitrogens with zero attached hydrogens (tertiary/aromatic N) is 1. The van der Waals surface area contributed by atoms with E-state index in [0.29, 0.717) is 11.3 Å². The molecule has 5 nitrogen and oxygen atoms in total. The molecule has 1 aromatic rings. The Hall–Kier alpha value is -1.82. The first-order chi connectivity index (χ1) is 8.00. The lowest BCUT2D eigenvalue weighted by Crippen LogP contribution is -1.96. The molecule has 0 unspecified atom stereocenters. The number of carboxylic acid groups (broad SMARTS) is 1. The fourth-order valence-corrected chi connectivity index (χ4v) is 1.87. The number of carbonyl (C=O) groups is 1. The lowest BCUT2D eigenvalue weighted by atomic mass is 10.3. The van der Waals surface area contributed by atoms with Gasteiger partial charge in [-0.1, -0.05) is 6.08 Å². The number of carboxylic acids is 1. The van der Waals surface area contributed by atoms with E-state index in [1.54, 1.807) is 18.2 Å². The van der Waals surface area contributed by atoms with Crippen molar-refractivity contribution < 1.29 is 14.8 Å². The highest BCUT2D eigenvalue weighted by Crippen LogP contribution is 2.21.